The summed E-state index contributed by atoms with van der Waals surface area (Å²) in [7, 11) is -8.25. The number of benzene rings is 2. The highest BCUT2D eigenvalue weighted by molar-refractivity contribution is 8.09. The minimum Gasteiger partial charge on any atom is -0.396 e. The molecule has 0 aliphatic heterocycles. The van der Waals surface area contributed by atoms with Gasteiger partial charge in [-0.05, 0) is 36.6 Å². The Kier molecular flexibility index (Phi) is 5.79. The average Bonchev–Trinajstić information content (AvgIpc) is 2.56. The summed E-state index contributed by atoms with van der Waals surface area (Å²) in [4.78, 5) is -0.0846. The van der Waals surface area contributed by atoms with E-state index in [1.54, 1.807) is 36.4 Å². The topological polar surface area (TPSA) is 88.5 Å². The number of hydrogen-bond donors (Lipinski definition) is 1. The molecule has 0 saturated carbocycles. The van der Waals surface area contributed by atoms with Crippen LogP contribution >= 0.6 is 0 Å². The molecule has 1 atom stereocenters. The van der Waals surface area contributed by atoms with Crippen molar-refractivity contribution in [3.63, 3.8) is 0 Å². The Morgan fingerprint density at radius 3 is 1.50 bits per heavy atom. The van der Waals surface area contributed by atoms with Crippen molar-refractivity contribution in [2.24, 2.45) is 5.92 Å². The van der Waals surface area contributed by atoms with Gasteiger partial charge in [0.15, 0.2) is 24.3 Å². The lowest BCUT2D eigenvalue weighted by Gasteiger charge is -2.24. The first-order valence-electron chi connectivity index (χ1n) is 7.50. The summed E-state index contributed by atoms with van der Waals surface area (Å²) in [6.07, 6.45) is 0.0722. The van der Waals surface area contributed by atoms with Crippen molar-refractivity contribution in [3.05, 3.63) is 60.7 Å². The van der Waals surface area contributed by atoms with Crippen LogP contribution in [-0.4, -0.2) is 33.1 Å². The summed E-state index contributed by atoms with van der Waals surface area (Å²) >= 11 is 0. The molecule has 2 aromatic rings. The highest BCUT2D eigenvalue weighted by atomic mass is 32.3. The van der Waals surface area contributed by atoms with E-state index in [9.17, 15) is 16.8 Å². The number of rotatable bonds is 7. The minimum atomic E-state index is -4.13. The number of hydrogen-bond acceptors (Lipinski definition) is 5. The van der Waals surface area contributed by atoms with E-state index in [4.69, 9.17) is 5.11 Å². The van der Waals surface area contributed by atoms with E-state index >= 15 is 0 Å². The predicted octanol–water partition coefficient (Wildman–Crippen LogP) is 2.28. The SMILES string of the molecule is C[C@H](CCO)C(S(=O)(=O)c1ccccc1)S(=O)(=O)c1ccccc1. The maximum atomic E-state index is 13.0. The Morgan fingerprint density at radius 2 is 1.17 bits per heavy atom. The van der Waals surface area contributed by atoms with Crippen molar-refractivity contribution in [1.82, 2.24) is 0 Å². The fourth-order valence-electron chi connectivity index (χ4n) is 2.61. The van der Waals surface area contributed by atoms with E-state index < -0.39 is 30.2 Å². The van der Waals surface area contributed by atoms with Crippen molar-refractivity contribution in [2.75, 3.05) is 6.61 Å². The van der Waals surface area contributed by atoms with Gasteiger partial charge in [0.1, 0.15) is 0 Å². The van der Waals surface area contributed by atoms with E-state index in [-0.39, 0.29) is 22.8 Å². The third-order valence-electron chi connectivity index (χ3n) is 3.80. The van der Waals surface area contributed by atoms with Crippen LogP contribution in [-0.2, 0) is 19.7 Å². The molecule has 0 saturated heterocycles. The second-order valence-electron chi connectivity index (χ2n) is 5.57. The molecule has 0 fully saturated rings. The van der Waals surface area contributed by atoms with Crippen LogP contribution in [0.1, 0.15) is 13.3 Å². The van der Waals surface area contributed by atoms with Gasteiger partial charge in [0.25, 0.3) is 0 Å². The second kappa shape index (κ2) is 7.46. The molecule has 0 radical (unpaired) electrons. The summed E-state index contributed by atoms with van der Waals surface area (Å²) in [5, 5.41) is 9.17. The molecular weight excluding hydrogens is 348 g/mol. The summed E-state index contributed by atoms with van der Waals surface area (Å²) in [5.41, 5.74) is 0. The molecule has 1 N–H and O–H groups in total. The molecule has 0 aliphatic carbocycles. The van der Waals surface area contributed by atoms with Crippen LogP contribution in [0, 0.1) is 5.92 Å². The smallest absolute Gasteiger partial charge is 0.196 e. The zero-order chi connectivity index (χ0) is 17.8. The minimum absolute atomic E-state index is 0.0423. The molecule has 0 aromatic heterocycles. The Morgan fingerprint density at radius 1 is 0.792 bits per heavy atom. The Hall–Kier alpha value is -1.70. The van der Waals surface area contributed by atoms with E-state index in [1.165, 1.54) is 31.2 Å². The first-order valence-corrected chi connectivity index (χ1v) is 10.6. The van der Waals surface area contributed by atoms with Gasteiger partial charge < -0.3 is 5.11 Å². The largest absolute Gasteiger partial charge is 0.396 e. The van der Waals surface area contributed by atoms with Gasteiger partial charge in [-0.25, -0.2) is 16.8 Å². The molecule has 24 heavy (non-hydrogen) atoms. The summed E-state index contributed by atoms with van der Waals surface area (Å²) < 4.78 is 50.4. The van der Waals surface area contributed by atoms with E-state index in [0.29, 0.717) is 0 Å². The lowest BCUT2D eigenvalue weighted by Crippen LogP contribution is -2.37. The third-order valence-corrected chi connectivity index (χ3v) is 9.34. The Bertz CT molecular complexity index is 790. The van der Waals surface area contributed by atoms with E-state index in [1.807, 2.05) is 0 Å². The maximum absolute atomic E-state index is 13.0. The molecular formula is C17H20O5S2. The van der Waals surface area contributed by atoms with Gasteiger partial charge in [-0.1, -0.05) is 43.3 Å². The normalized spacial score (nSPS) is 13.8. The molecule has 130 valence electrons. The lowest BCUT2D eigenvalue weighted by molar-refractivity contribution is 0.265. The Labute approximate surface area is 142 Å². The van der Waals surface area contributed by atoms with Crippen LogP contribution in [0.4, 0.5) is 0 Å². The Balaban J connectivity index is 2.63. The third kappa shape index (κ3) is 3.68. The highest BCUT2D eigenvalue weighted by Gasteiger charge is 2.43. The monoisotopic (exact) mass is 368 g/mol. The van der Waals surface area contributed by atoms with Crippen molar-refractivity contribution >= 4 is 19.7 Å². The van der Waals surface area contributed by atoms with Gasteiger partial charge in [-0.3, -0.25) is 0 Å². The molecule has 0 unspecified atom stereocenters. The predicted molar refractivity (Wildman–Crippen MR) is 91.9 cm³/mol. The van der Waals surface area contributed by atoms with Crippen LogP contribution in [0.2, 0.25) is 0 Å². The van der Waals surface area contributed by atoms with Crippen molar-refractivity contribution < 1.29 is 21.9 Å². The number of aliphatic hydroxyl groups excluding tert-OH is 1. The summed E-state index contributed by atoms with van der Waals surface area (Å²) in [6.45, 7) is 1.24. The van der Waals surface area contributed by atoms with Crippen molar-refractivity contribution in [3.8, 4) is 0 Å². The molecule has 0 aliphatic rings. The zero-order valence-corrected chi connectivity index (χ0v) is 14.9. The summed E-state index contributed by atoms with van der Waals surface area (Å²) in [6, 6.07) is 15.1. The van der Waals surface area contributed by atoms with Gasteiger partial charge >= 0.3 is 0 Å². The molecule has 0 heterocycles. The average molecular weight is 368 g/mol. The standard InChI is InChI=1S/C17H20O5S2/c1-14(12-13-18)17(23(19,20)15-8-4-2-5-9-15)24(21,22)16-10-6-3-7-11-16/h2-11,14,17-18H,12-13H2,1H3/t14-/m1/s1. The van der Waals surface area contributed by atoms with Gasteiger partial charge in [-0.2, -0.15) is 0 Å². The van der Waals surface area contributed by atoms with Gasteiger partial charge in [0.2, 0.25) is 0 Å². The van der Waals surface area contributed by atoms with Crippen LogP contribution in [0.15, 0.2) is 70.5 Å². The van der Waals surface area contributed by atoms with Crippen LogP contribution < -0.4 is 0 Å². The van der Waals surface area contributed by atoms with Crippen LogP contribution in [0.3, 0.4) is 0 Å². The first kappa shape index (κ1) is 18.6. The lowest BCUT2D eigenvalue weighted by atomic mass is 10.1. The second-order valence-corrected chi connectivity index (χ2v) is 10.0. The molecule has 0 spiro atoms. The van der Waals surface area contributed by atoms with Gasteiger partial charge in [-0.15, -0.1) is 0 Å². The van der Waals surface area contributed by atoms with Crippen LogP contribution in [0.5, 0.6) is 0 Å². The highest BCUT2D eigenvalue weighted by Crippen LogP contribution is 2.31. The first-order chi connectivity index (χ1) is 11.3. The number of aliphatic hydroxyl groups is 1. The quantitative estimate of drug-likeness (QED) is 0.810. The molecule has 5 nitrogen and oxygen atoms in total. The fourth-order valence-corrected chi connectivity index (χ4v) is 7.71. The molecule has 0 bridgehead atoms. The molecule has 7 heteroatoms. The zero-order valence-electron chi connectivity index (χ0n) is 13.2. The van der Waals surface area contributed by atoms with Gasteiger partial charge in [0.05, 0.1) is 9.79 Å². The maximum Gasteiger partial charge on any atom is 0.196 e. The van der Waals surface area contributed by atoms with Gasteiger partial charge in [0, 0.05) is 6.61 Å². The van der Waals surface area contributed by atoms with Crippen molar-refractivity contribution in [2.45, 2.75) is 27.7 Å². The number of sulfone groups is 2. The van der Waals surface area contributed by atoms with Crippen molar-refractivity contribution in [1.29, 1.82) is 0 Å². The molecule has 0 amide bonds. The fraction of sp³-hybridized carbons (Fsp3) is 0.294. The van der Waals surface area contributed by atoms with Crippen LogP contribution in [0.25, 0.3) is 0 Å². The molecule has 2 rings (SSSR count). The molecule has 2 aromatic carbocycles. The van der Waals surface area contributed by atoms with E-state index in [0.717, 1.165) is 0 Å². The van der Waals surface area contributed by atoms with E-state index in [2.05, 4.69) is 0 Å². The summed E-state index contributed by atoms with van der Waals surface area (Å²) in [5.74, 6) is -0.759.